The first-order valence-corrected chi connectivity index (χ1v) is 7.31. The summed E-state index contributed by atoms with van der Waals surface area (Å²) in [4.78, 5) is 34.9. The van der Waals surface area contributed by atoms with Gasteiger partial charge in [-0.05, 0) is 37.3 Å². The van der Waals surface area contributed by atoms with E-state index in [1.807, 2.05) is 0 Å². The van der Waals surface area contributed by atoms with Gasteiger partial charge in [0.05, 0.1) is 0 Å². The standard InChI is InChI=1S/C17H14ClNO5/c1-10(20)11-3-2-4-13(7-11)19-16(22)9-24-17(23)14-6-5-12(18)8-15(14)21/h2-8,21H,9H2,1H3,(H,19,22). The smallest absolute Gasteiger partial charge is 0.342 e. The number of carbonyl (C=O) groups is 3. The first-order valence-electron chi connectivity index (χ1n) is 6.93. The summed E-state index contributed by atoms with van der Waals surface area (Å²) in [7, 11) is 0. The number of ether oxygens (including phenoxy) is 1. The molecule has 6 nitrogen and oxygen atoms in total. The Hall–Kier alpha value is -2.86. The molecule has 2 aromatic carbocycles. The molecule has 0 heterocycles. The predicted molar refractivity (Wildman–Crippen MR) is 88.5 cm³/mol. The maximum Gasteiger partial charge on any atom is 0.342 e. The number of ketones is 1. The Morgan fingerprint density at radius 3 is 2.58 bits per heavy atom. The van der Waals surface area contributed by atoms with E-state index in [-0.39, 0.29) is 22.1 Å². The van der Waals surface area contributed by atoms with Crippen LogP contribution >= 0.6 is 11.6 Å². The van der Waals surface area contributed by atoms with Crippen LogP contribution in [0.1, 0.15) is 27.6 Å². The summed E-state index contributed by atoms with van der Waals surface area (Å²) >= 11 is 5.67. The number of Topliss-reactive ketones (excluding diaryl/α,β-unsaturated/α-hetero) is 1. The molecular formula is C17H14ClNO5. The maximum atomic E-state index is 11.8. The number of phenolic OH excluding ortho intramolecular Hbond substituents is 1. The van der Waals surface area contributed by atoms with Crippen LogP contribution in [-0.4, -0.2) is 29.4 Å². The van der Waals surface area contributed by atoms with Gasteiger partial charge >= 0.3 is 5.97 Å². The average molecular weight is 348 g/mol. The molecule has 24 heavy (non-hydrogen) atoms. The zero-order valence-corrected chi connectivity index (χ0v) is 13.5. The Kier molecular flexibility index (Phi) is 5.55. The van der Waals surface area contributed by atoms with Gasteiger partial charge in [0.2, 0.25) is 0 Å². The first kappa shape index (κ1) is 17.5. The molecule has 1 amide bonds. The third-order valence-corrected chi connectivity index (χ3v) is 3.30. The number of halogens is 1. The Balaban J connectivity index is 1.94. The Bertz CT molecular complexity index is 803. The summed E-state index contributed by atoms with van der Waals surface area (Å²) in [6.45, 7) is 0.881. The zero-order valence-electron chi connectivity index (χ0n) is 12.7. The van der Waals surface area contributed by atoms with E-state index < -0.39 is 18.5 Å². The van der Waals surface area contributed by atoms with Gasteiger partial charge in [-0.3, -0.25) is 9.59 Å². The number of rotatable bonds is 5. The zero-order chi connectivity index (χ0) is 17.7. The van der Waals surface area contributed by atoms with Gasteiger partial charge in [-0.25, -0.2) is 4.79 Å². The number of phenols is 1. The SMILES string of the molecule is CC(=O)c1cccc(NC(=O)COC(=O)c2ccc(Cl)cc2O)c1. The lowest BCUT2D eigenvalue weighted by atomic mass is 10.1. The highest BCUT2D eigenvalue weighted by molar-refractivity contribution is 6.30. The van der Waals surface area contributed by atoms with Gasteiger partial charge in [0.1, 0.15) is 11.3 Å². The number of anilines is 1. The van der Waals surface area contributed by atoms with Gasteiger partial charge < -0.3 is 15.2 Å². The maximum absolute atomic E-state index is 11.8. The van der Waals surface area contributed by atoms with Crippen LogP contribution in [-0.2, 0) is 9.53 Å². The van der Waals surface area contributed by atoms with Crippen molar-refractivity contribution in [1.29, 1.82) is 0 Å². The van der Waals surface area contributed by atoms with Crippen molar-refractivity contribution in [3.05, 3.63) is 58.6 Å². The molecule has 0 spiro atoms. The minimum atomic E-state index is -0.850. The molecule has 0 saturated carbocycles. The van der Waals surface area contributed by atoms with Crippen molar-refractivity contribution < 1.29 is 24.2 Å². The molecule has 7 heteroatoms. The summed E-state index contributed by atoms with van der Waals surface area (Å²) in [5, 5.41) is 12.4. The third-order valence-electron chi connectivity index (χ3n) is 3.07. The second kappa shape index (κ2) is 7.61. The summed E-state index contributed by atoms with van der Waals surface area (Å²) in [5.74, 6) is -1.88. The molecule has 0 fully saturated rings. The van der Waals surface area contributed by atoms with Gasteiger partial charge in [0, 0.05) is 16.3 Å². The van der Waals surface area contributed by atoms with E-state index in [4.69, 9.17) is 16.3 Å². The quantitative estimate of drug-likeness (QED) is 0.640. The van der Waals surface area contributed by atoms with Crippen molar-refractivity contribution >= 4 is 34.9 Å². The highest BCUT2D eigenvalue weighted by Crippen LogP contribution is 2.22. The van der Waals surface area contributed by atoms with E-state index in [1.54, 1.807) is 18.2 Å². The van der Waals surface area contributed by atoms with Gasteiger partial charge in [0.25, 0.3) is 5.91 Å². The summed E-state index contributed by atoms with van der Waals surface area (Å²) in [6.07, 6.45) is 0. The molecule has 0 unspecified atom stereocenters. The normalized spacial score (nSPS) is 10.1. The van der Waals surface area contributed by atoms with Crippen LogP contribution < -0.4 is 5.32 Å². The van der Waals surface area contributed by atoms with Gasteiger partial charge in [-0.1, -0.05) is 23.7 Å². The Morgan fingerprint density at radius 1 is 1.17 bits per heavy atom. The number of amides is 1. The third kappa shape index (κ3) is 4.57. The van der Waals surface area contributed by atoms with Crippen LogP contribution in [0.5, 0.6) is 5.75 Å². The largest absolute Gasteiger partial charge is 0.507 e. The average Bonchev–Trinajstić information content (AvgIpc) is 2.53. The molecule has 0 aliphatic carbocycles. The molecule has 2 aromatic rings. The number of esters is 1. The van der Waals surface area contributed by atoms with Gasteiger partial charge in [0.15, 0.2) is 12.4 Å². The van der Waals surface area contributed by atoms with Gasteiger partial charge in [-0.2, -0.15) is 0 Å². The number of hydrogen-bond acceptors (Lipinski definition) is 5. The molecule has 0 radical (unpaired) electrons. The van der Waals surface area contributed by atoms with Crippen molar-refractivity contribution in [3.63, 3.8) is 0 Å². The molecule has 0 aliphatic heterocycles. The Labute approximate surface area is 143 Å². The van der Waals surface area contributed by atoms with E-state index in [1.165, 1.54) is 31.2 Å². The lowest BCUT2D eigenvalue weighted by molar-refractivity contribution is -0.119. The Morgan fingerprint density at radius 2 is 1.92 bits per heavy atom. The number of benzene rings is 2. The van der Waals surface area contributed by atoms with Crippen molar-refractivity contribution in [2.24, 2.45) is 0 Å². The summed E-state index contributed by atoms with van der Waals surface area (Å²) in [5.41, 5.74) is 0.778. The summed E-state index contributed by atoms with van der Waals surface area (Å²) < 4.78 is 4.84. The monoisotopic (exact) mass is 347 g/mol. The second-order valence-electron chi connectivity index (χ2n) is 4.92. The lowest BCUT2D eigenvalue weighted by Crippen LogP contribution is -2.21. The van der Waals surface area contributed by atoms with Crippen molar-refractivity contribution in [2.75, 3.05) is 11.9 Å². The molecule has 2 rings (SSSR count). The molecule has 0 atom stereocenters. The molecule has 0 saturated heterocycles. The van der Waals surface area contributed by atoms with Crippen molar-refractivity contribution in [3.8, 4) is 5.75 Å². The molecule has 0 bridgehead atoms. The lowest BCUT2D eigenvalue weighted by Gasteiger charge is -2.08. The molecule has 0 aliphatic rings. The highest BCUT2D eigenvalue weighted by atomic mass is 35.5. The van der Waals surface area contributed by atoms with E-state index in [0.29, 0.717) is 11.3 Å². The first-order chi connectivity index (χ1) is 11.4. The number of nitrogens with one attached hydrogen (secondary N) is 1. The van der Waals surface area contributed by atoms with E-state index in [9.17, 15) is 19.5 Å². The molecular weight excluding hydrogens is 334 g/mol. The van der Waals surface area contributed by atoms with Crippen LogP contribution in [0.2, 0.25) is 5.02 Å². The van der Waals surface area contributed by atoms with Gasteiger partial charge in [-0.15, -0.1) is 0 Å². The van der Waals surface area contributed by atoms with E-state index >= 15 is 0 Å². The van der Waals surface area contributed by atoms with Crippen LogP contribution in [0.4, 0.5) is 5.69 Å². The summed E-state index contributed by atoms with van der Waals surface area (Å²) in [6, 6.07) is 10.3. The predicted octanol–water partition coefficient (Wildman–Crippen LogP) is 3.04. The fourth-order valence-corrected chi connectivity index (χ4v) is 2.07. The van der Waals surface area contributed by atoms with Crippen LogP contribution in [0.3, 0.4) is 0 Å². The minimum Gasteiger partial charge on any atom is -0.507 e. The molecule has 2 N–H and O–H groups in total. The highest BCUT2D eigenvalue weighted by Gasteiger charge is 2.15. The fourth-order valence-electron chi connectivity index (χ4n) is 1.90. The van der Waals surface area contributed by atoms with Crippen LogP contribution in [0.15, 0.2) is 42.5 Å². The van der Waals surface area contributed by atoms with Crippen LogP contribution in [0, 0.1) is 0 Å². The number of aromatic hydroxyl groups is 1. The molecule has 124 valence electrons. The second-order valence-corrected chi connectivity index (χ2v) is 5.36. The van der Waals surface area contributed by atoms with Crippen molar-refractivity contribution in [1.82, 2.24) is 0 Å². The van der Waals surface area contributed by atoms with Crippen LogP contribution in [0.25, 0.3) is 0 Å². The fraction of sp³-hybridized carbons (Fsp3) is 0.118. The topological polar surface area (TPSA) is 92.7 Å². The van der Waals surface area contributed by atoms with E-state index in [2.05, 4.69) is 5.32 Å². The van der Waals surface area contributed by atoms with Crippen molar-refractivity contribution in [2.45, 2.75) is 6.92 Å². The minimum absolute atomic E-state index is 0.0919. The number of carbonyl (C=O) groups excluding carboxylic acids is 3. The van der Waals surface area contributed by atoms with E-state index in [0.717, 1.165) is 0 Å². The number of hydrogen-bond donors (Lipinski definition) is 2. The molecule has 0 aromatic heterocycles.